The minimum Gasteiger partial charge on any atom is -0.299 e. The third-order valence-electron chi connectivity index (χ3n) is 3.26. The first-order valence-corrected chi connectivity index (χ1v) is 5.88. The molecule has 2 heteroatoms. The molecular weight excluding hydrogens is 210 g/mol. The summed E-state index contributed by atoms with van der Waals surface area (Å²) >= 11 is 0. The van der Waals surface area contributed by atoms with Crippen molar-refractivity contribution < 1.29 is 4.79 Å². The van der Waals surface area contributed by atoms with Crippen LogP contribution in [0, 0.1) is 0 Å². The van der Waals surface area contributed by atoms with Gasteiger partial charge in [0.05, 0.1) is 0 Å². The van der Waals surface area contributed by atoms with Crippen molar-refractivity contribution >= 4 is 22.1 Å². The lowest BCUT2D eigenvalue weighted by molar-refractivity contribution is -0.118. The fraction of sp³-hybridized carbons (Fsp3) is 0.200. The average molecular weight is 223 g/mol. The first-order valence-electron chi connectivity index (χ1n) is 5.88. The minimum absolute atomic E-state index is 0.335. The van der Waals surface area contributed by atoms with Crippen LogP contribution < -0.4 is 0 Å². The van der Waals surface area contributed by atoms with Crippen LogP contribution in [-0.2, 0) is 4.79 Å². The van der Waals surface area contributed by atoms with Gasteiger partial charge in [0.2, 0.25) is 0 Å². The fourth-order valence-electron chi connectivity index (χ4n) is 2.33. The summed E-state index contributed by atoms with van der Waals surface area (Å²) in [5.74, 6) is 0.335. The Bertz CT molecular complexity index is 608. The van der Waals surface area contributed by atoms with Crippen LogP contribution in [0.1, 0.15) is 24.8 Å². The van der Waals surface area contributed by atoms with Gasteiger partial charge in [0.15, 0.2) is 0 Å². The number of nitrogens with zero attached hydrogens (tertiary/aromatic N) is 1. The van der Waals surface area contributed by atoms with Gasteiger partial charge < -0.3 is 0 Å². The zero-order valence-corrected chi connectivity index (χ0v) is 9.52. The van der Waals surface area contributed by atoms with E-state index in [0.29, 0.717) is 18.6 Å². The van der Waals surface area contributed by atoms with E-state index in [9.17, 15) is 4.79 Å². The van der Waals surface area contributed by atoms with E-state index in [1.165, 1.54) is 16.5 Å². The second kappa shape index (κ2) is 4.13. The van der Waals surface area contributed by atoms with Crippen molar-refractivity contribution in [2.45, 2.75) is 19.3 Å². The molecule has 2 aromatic rings. The number of Topliss-reactive ketones (excluding diaryl/α,β-unsaturated/α-hetero) is 1. The Morgan fingerprint density at radius 3 is 2.76 bits per heavy atom. The number of benzene rings is 1. The van der Waals surface area contributed by atoms with E-state index in [1.807, 2.05) is 24.5 Å². The number of carbonyl (C=O) groups excluding carboxylic acids is 1. The Morgan fingerprint density at radius 1 is 1.06 bits per heavy atom. The van der Waals surface area contributed by atoms with Crippen LogP contribution in [0.15, 0.2) is 42.7 Å². The second-order valence-corrected chi connectivity index (χ2v) is 4.38. The van der Waals surface area contributed by atoms with Crippen LogP contribution in [0.2, 0.25) is 0 Å². The van der Waals surface area contributed by atoms with Crippen LogP contribution in [0.3, 0.4) is 0 Å². The maximum absolute atomic E-state index is 11.2. The van der Waals surface area contributed by atoms with E-state index in [2.05, 4.69) is 23.2 Å². The summed E-state index contributed by atoms with van der Waals surface area (Å²) in [6.45, 7) is 0. The maximum Gasteiger partial charge on any atom is 0.137 e. The van der Waals surface area contributed by atoms with E-state index in [4.69, 9.17) is 0 Å². The van der Waals surface area contributed by atoms with Crippen molar-refractivity contribution in [2.24, 2.45) is 0 Å². The monoisotopic (exact) mass is 223 g/mol. The molecule has 2 nitrogen and oxygen atoms in total. The van der Waals surface area contributed by atoms with Gasteiger partial charge in [0.1, 0.15) is 5.78 Å². The van der Waals surface area contributed by atoms with Gasteiger partial charge in [-0.2, -0.15) is 0 Å². The number of carbonyl (C=O) groups is 1. The van der Waals surface area contributed by atoms with Gasteiger partial charge in [-0.1, -0.05) is 30.3 Å². The van der Waals surface area contributed by atoms with Crippen molar-refractivity contribution in [3.63, 3.8) is 0 Å². The van der Waals surface area contributed by atoms with Crippen LogP contribution in [0.4, 0.5) is 0 Å². The topological polar surface area (TPSA) is 30.0 Å². The smallest absolute Gasteiger partial charge is 0.137 e. The number of aromatic nitrogens is 1. The molecule has 1 aromatic heterocycles. The summed E-state index contributed by atoms with van der Waals surface area (Å²) in [4.78, 5) is 15.5. The summed E-state index contributed by atoms with van der Waals surface area (Å²) < 4.78 is 0. The molecule has 3 rings (SSSR count). The van der Waals surface area contributed by atoms with E-state index in [1.54, 1.807) is 0 Å². The molecule has 0 bridgehead atoms. The number of hydrogen-bond donors (Lipinski definition) is 0. The number of fused-ring (bicyclic) bond motifs is 1. The zero-order chi connectivity index (χ0) is 11.7. The summed E-state index contributed by atoms with van der Waals surface area (Å²) in [5.41, 5.74) is 2.43. The Hall–Kier alpha value is -1.96. The predicted molar refractivity (Wildman–Crippen MR) is 68.6 cm³/mol. The summed E-state index contributed by atoms with van der Waals surface area (Å²) in [6.07, 6.45) is 7.91. The van der Waals surface area contributed by atoms with Gasteiger partial charge in [-0.15, -0.1) is 0 Å². The van der Waals surface area contributed by atoms with E-state index in [0.717, 1.165) is 11.8 Å². The maximum atomic E-state index is 11.2. The molecule has 1 aliphatic rings. The minimum atomic E-state index is 0.335. The Labute approximate surface area is 100.0 Å². The van der Waals surface area contributed by atoms with Gasteiger partial charge in [-0.25, -0.2) is 0 Å². The molecule has 0 saturated carbocycles. The average Bonchev–Trinajstić information content (AvgIpc) is 2.39. The standard InChI is InChI=1S/C15H13NO/c17-13-7-5-11(6-8-13)15-10-16-9-12-3-1-2-4-14(12)15/h1-5,9-10H,6-8H2. The van der Waals surface area contributed by atoms with Crippen LogP contribution in [-0.4, -0.2) is 10.8 Å². The highest BCUT2D eigenvalue weighted by Gasteiger charge is 2.13. The SMILES string of the molecule is O=C1CC=C(c2cncc3ccccc23)CC1. The molecule has 0 amide bonds. The second-order valence-electron chi connectivity index (χ2n) is 4.38. The lowest BCUT2D eigenvalue weighted by atomic mass is 9.91. The zero-order valence-electron chi connectivity index (χ0n) is 9.52. The van der Waals surface area contributed by atoms with Gasteiger partial charge in [-0.05, 0) is 17.4 Å². The van der Waals surface area contributed by atoms with Gasteiger partial charge in [0.25, 0.3) is 0 Å². The molecule has 0 spiro atoms. The first-order chi connectivity index (χ1) is 8.34. The highest BCUT2D eigenvalue weighted by molar-refractivity contribution is 5.95. The first kappa shape index (κ1) is 10.2. The molecular formula is C15H13NO. The summed E-state index contributed by atoms with van der Waals surface area (Å²) in [5, 5.41) is 2.38. The van der Waals surface area contributed by atoms with Crippen LogP contribution >= 0.6 is 0 Å². The lowest BCUT2D eigenvalue weighted by Crippen LogP contribution is -2.03. The number of ketones is 1. The third-order valence-corrected chi connectivity index (χ3v) is 3.26. The van der Waals surface area contributed by atoms with Crippen molar-refractivity contribution in [1.29, 1.82) is 0 Å². The number of hydrogen-bond acceptors (Lipinski definition) is 2. The third kappa shape index (κ3) is 1.86. The predicted octanol–water partition coefficient (Wildman–Crippen LogP) is 3.37. The molecule has 1 aliphatic carbocycles. The van der Waals surface area contributed by atoms with Gasteiger partial charge in [-0.3, -0.25) is 9.78 Å². The van der Waals surface area contributed by atoms with Crippen molar-refractivity contribution in [1.82, 2.24) is 4.98 Å². The normalized spacial score (nSPS) is 16.0. The van der Waals surface area contributed by atoms with E-state index >= 15 is 0 Å². The summed E-state index contributed by atoms with van der Waals surface area (Å²) in [7, 11) is 0. The molecule has 0 aliphatic heterocycles. The van der Waals surface area contributed by atoms with Crippen LogP contribution in [0.5, 0.6) is 0 Å². The van der Waals surface area contributed by atoms with E-state index < -0.39 is 0 Å². The van der Waals surface area contributed by atoms with Gasteiger partial charge >= 0.3 is 0 Å². The highest BCUT2D eigenvalue weighted by atomic mass is 16.1. The fourth-order valence-corrected chi connectivity index (χ4v) is 2.33. The molecule has 0 N–H and O–H groups in total. The number of allylic oxidation sites excluding steroid dienone is 2. The van der Waals surface area contributed by atoms with Crippen LogP contribution in [0.25, 0.3) is 16.3 Å². The van der Waals surface area contributed by atoms with Crippen molar-refractivity contribution in [3.8, 4) is 0 Å². The molecule has 0 radical (unpaired) electrons. The molecule has 84 valence electrons. The lowest BCUT2D eigenvalue weighted by Gasteiger charge is -2.13. The molecule has 0 saturated heterocycles. The molecule has 0 unspecified atom stereocenters. The molecule has 0 fully saturated rings. The molecule has 17 heavy (non-hydrogen) atoms. The summed E-state index contributed by atoms with van der Waals surface area (Å²) in [6, 6.07) is 8.25. The largest absolute Gasteiger partial charge is 0.299 e. The Morgan fingerprint density at radius 2 is 1.94 bits per heavy atom. The van der Waals surface area contributed by atoms with E-state index in [-0.39, 0.29) is 0 Å². The highest BCUT2D eigenvalue weighted by Crippen LogP contribution is 2.29. The van der Waals surface area contributed by atoms with Crippen molar-refractivity contribution in [2.75, 3.05) is 0 Å². The van der Waals surface area contributed by atoms with Crippen molar-refractivity contribution in [3.05, 3.63) is 48.3 Å². The van der Waals surface area contributed by atoms with Gasteiger partial charge in [0, 0.05) is 36.2 Å². The number of pyridine rings is 1. The quantitative estimate of drug-likeness (QED) is 0.741. The Balaban J connectivity index is 2.14. The Kier molecular flexibility index (Phi) is 2.48. The molecule has 1 aromatic carbocycles. The number of rotatable bonds is 1. The molecule has 1 heterocycles. The molecule has 0 atom stereocenters.